The largest absolute Gasteiger partial charge is 0.375 e. The zero-order chi connectivity index (χ0) is 19.7. The molecule has 28 heavy (non-hydrogen) atoms. The van der Waals surface area contributed by atoms with Gasteiger partial charge in [-0.15, -0.1) is 0 Å². The molecule has 1 saturated heterocycles. The number of amides is 1. The number of carbonyl (C=O) groups excluding carboxylic acids is 2. The molecule has 1 amide bonds. The van der Waals surface area contributed by atoms with Crippen molar-refractivity contribution < 1.29 is 14.7 Å². The van der Waals surface area contributed by atoms with E-state index >= 15 is 0 Å². The minimum absolute atomic E-state index is 0.249. The molecule has 7 heteroatoms. The van der Waals surface area contributed by atoms with E-state index in [2.05, 4.69) is 21.8 Å². The lowest BCUT2D eigenvalue weighted by Gasteiger charge is -2.35. The number of benzene rings is 1. The van der Waals surface area contributed by atoms with Crippen LogP contribution in [-0.2, 0) is 10.4 Å². The van der Waals surface area contributed by atoms with Gasteiger partial charge in [0.05, 0.1) is 18.8 Å². The summed E-state index contributed by atoms with van der Waals surface area (Å²) in [5, 5.41) is 11.3. The molecular weight excluding hydrogens is 356 g/mol. The summed E-state index contributed by atoms with van der Waals surface area (Å²) in [5.74, 6) is -0.801. The maximum atomic E-state index is 13.3. The van der Waals surface area contributed by atoms with Crippen LogP contribution in [0.2, 0.25) is 0 Å². The van der Waals surface area contributed by atoms with Gasteiger partial charge in [0.1, 0.15) is 5.69 Å². The first kappa shape index (κ1) is 18.7. The van der Waals surface area contributed by atoms with Gasteiger partial charge in [-0.05, 0) is 25.2 Å². The minimum Gasteiger partial charge on any atom is -0.375 e. The second-order valence-corrected chi connectivity index (χ2v) is 7.49. The second kappa shape index (κ2) is 7.43. The normalized spacial score (nSPS) is 23.1. The quantitative estimate of drug-likeness (QED) is 0.783. The first-order valence-electron chi connectivity index (χ1n) is 9.48. The predicted octanol–water partition coefficient (Wildman–Crippen LogP) is 1.09. The number of ketones is 1. The molecule has 0 bridgehead atoms. The number of hydrogen-bond donors (Lipinski definition) is 1. The van der Waals surface area contributed by atoms with E-state index in [4.69, 9.17) is 0 Å². The van der Waals surface area contributed by atoms with Crippen LogP contribution in [0.4, 0.5) is 5.69 Å². The van der Waals surface area contributed by atoms with E-state index in [9.17, 15) is 14.7 Å². The van der Waals surface area contributed by atoms with Crippen LogP contribution in [0, 0.1) is 0 Å². The number of carbonyl (C=O) groups is 2. The lowest BCUT2D eigenvalue weighted by atomic mass is 9.89. The van der Waals surface area contributed by atoms with Gasteiger partial charge in [0.2, 0.25) is 0 Å². The number of fused-ring (bicyclic) bond motifs is 1. The molecule has 1 fully saturated rings. The van der Waals surface area contributed by atoms with E-state index in [1.165, 1.54) is 6.20 Å². The summed E-state index contributed by atoms with van der Waals surface area (Å²) in [7, 11) is 2.08. The summed E-state index contributed by atoms with van der Waals surface area (Å²) in [6.07, 6.45) is 1.21. The van der Waals surface area contributed by atoms with Crippen LogP contribution in [0.5, 0.6) is 0 Å². The van der Waals surface area contributed by atoms with Gasteiger partial charge in [0.25, 0.3) is 5.91 Å². The molecule has 1 N–H and O–H groups in total. The van der Waals surface area contributed by atoms with Crippen LogP contribution in [0.3, 0.4) is 0 Å². The fraction of sp³-hybridized carbons (Fsp3) is 0.381. The summed E-state index contributed by atoms with van der Waals surface area (Å²) in [4.78, 5) is 36.0. The Balaban J connectivity index is 1.60. The van der Waals surface area contributed by atoms with Crippen molar-refractivity contribution in [2.75, 3.05) is 44.8 Å². The van der Waals surface area contributed by atoms with Crippen molar-refractivity contribution >= 4 is 17.4 Å². The molecule has 1 unspecified atom stereocenters. The number of aliphatic hydroxyl groups is 1. The summed E-state index contributed by atoms with van der Waals surface area (Å²) in [6, 6.07) is 12.2. The molecule has 0 saturated carbocycles. The first-order chi connectivity index (χ1) is 13.5. The standard InChI is InChI=1S/C21H24N4O3/c1-23-10-12-24(13-11-23)15-25-18-8-3-2-6-16(18)21(28,20(25)27)14-19(26)17-7-4-5-9-22-17/h2-9,28H,10-15H2,1H3. The van der Waals surface area contributed by atoms with Crippen LogP contribution in [0.1, 0.15) is 22.5 Å². The number of rotatable bonds is 5. The number of Topliss-reactive ketones (excluding diaryl/α,β-unsaturated/α-hetero) is 1. The molecule has 2 aromatic rings. The van der Waals surface area contributed by atoms with Crippen LogP contribution in [0.15, 0.2) is 48.7 Å². The zero-order valence-electron chi connectivity index (χ0n) is 15.9. The summed E-state index contributed by atoms with van der Waals surface area (Å²) < 4.78 is 0. The molecule has 1 atom stereocenters. The van der Waals surface area contributed by atoms with Gasteiger partial charge >= 0.3 is 0 Å². The Morgan fingerprint density at radius 3 is 2.54 bits per heavy atom. The monoisotopic (exact) mass is 380 g/mol. The summed E-state index contributed by atoms with van der Waals surface area (Å²) in [5.41, 5.74) is -0.461. The van der Waals surface area contributed by atoms with Crippen molar-refractivity contribution in [1.82, 2.24) is 14.8 Å². The molecule has 146 valence electrons. The zero-order valence-corrected chi connectivity index (χ0v) is 15.9. The van der Waals surface area contributed by atoms with Crippen molar-refractivity contribution in [3.63, 3.8) is 0 Å². The number of likely N-dealkylation sites (N-methyl/N-ethyl adjacent to an activating group) is 1. The molecule has 1 aromatic heterocycles. The summed E-state index contributed by atoms with van der Waals surface area (Å²) in [6.45, 7) is 3.99. The molecule has 0 aliphatic carbocycles. The van der Waals surface area contributed by atoms with Crippen LogP contribution >= 0.6 is 0 Å². The molecule has 3 heterocycles. The number of aromatic nitrogens is 1. The van der Waals surface area contributed by atoms with Gasteiger partial charge < -0.3 is 10.0 Å². The molecule has 0 spiro atoms. The number of para-hydroxylation sites is 1. The fourth-order valence-electron chi connectivity index (χ4n) is 3.86. The maximum absolute atomic E-state index is 13.3. The average Bonchev–Trinajstić information content (AvgIpc) is 2.92. The maximum Gasteiger partial charge on any atom is 0.265 e. The molecule has 1 aromatic carbocycles. The van der Waals surface area contributed by atoms with Crippen molar-refractivity contribution in [3.05, 3.63) is 59.9 Å². The third-order valence-electron chi connectivity index (χ3n) is 5.54. The Bertz CT molecular complexity index is 880. The molecule has 4 rings (SSSR count). The molecule has 2 aliphatic rings. The molecule has 7 nitrogen and oxygen atoms in total. The number of anilines is 1. The number of piperazine rings is 1. The number of nitrogens with zero attached hydrogens (tertiary/aromatic N) is 4. The highest BCUT2D eigenvalue weighted by Crippen LogP contribution is 2.42. The SMILES string of the molecule is CN1CCN(CN2C(=O)C(O)(CC(=O)c3ccccn3)c3ccccc32)CC1. The highest BCUT2D eigenvalue weighted by atomic mass is 16.3. The topological polar surface area (TPSA) is 77.0 Å². The lowest BCUT2D eigenvalue weighted by molar-refractivity contribution is -0.136. The van der Waals surface area contributed by atoms with E-state index in [1.54, 1.807) is 35.2 Å². The Kier molecular flexibility index (Phi) is 4.97. The minimum atomic E-state index is -1.86. The van der Waals surface area contributed by atoms with E-state index in [0.29, 0.717) is 17.9 Å². The summed E-state index contributed by atoms with van der Waals surface area (Å²) >= 11 is 0. The fourth-order valence-corrected chi connectivity index (χ4v) is 3.86. The molecule has 0 radical (unpaired) electrons. The van der Waals surface area contributed by atoms with Gasteiger partial charge in [0.15, 0.2) is 11.4 Å². The Morgan fingerprint density at radius 1 is 1.11 bits per heavy atom. The van der Waals surface area contributed by atoms with Crippen molar-refractivity contribution in [2.24, 2.45) is 0 Å². The first-order valence-corrected chi connectivity index (χ1v) is 9.48. The van der Waals surface area contributed by atoms with E-state index in [-0.39, 0.29) is 17.9 Å². The molecule has 2 aliphatic heterocycles. The lowest BCUT2D eigenvalue weighted by Crippen LogP contribution is -2.51. The van der Waals surface area contributed by atoms with E-state index in [1.807, 2.05) is 12.1 Å². The molecular formula is C21H24N4O3. The Labute approximate surface area is 164 Å². The van der Waals surface area contributed by atoms with Gasteiger partial charge in [-0.25, -0.2) is 0 Å². The van der Waals surface area contributed by atoms with Gasteiger partial charge in [0, 0.05) is 37.9 Å². The predicted molar refractivity (Wildman–Crippen MR) is 105 cm³/mol. The highest BCUT2D eigenvalue weighted by Gasteiger charge is 2.51. The van der Waals surface area contributed by atoms with Crippen molar-refractivity contribution in [1.29, 1.82) is 0 Å². The van der Waals surface area contributed by atoms with Crippen LogP contribution in [0.25, 0.3) is 0 Å². The van der Waals surface area contributed by atoms with Gasteiger partial charge in [-0.3, -0.25) is 24.4 Å². The third-order valence-corrected chi connectivity index (χ3v) is 5.54. The van der Waals surface area contributed by atoms with Crippen molar-refractivity contribution in [2.45, 2.75) is 12.0 Å². The third kappa shape index (κ3) is 3.32. The number of hydrogen-bond acceptors (Lipinski definition) is 6. The average molecular weight is 380 g/mol. The van der Waals surface area contributed by atoms with Crippen molar-refractivity contribution in [3.8, 4) is 0 Å². The van der Waals surface area contributed by atoms with Gasteiger partial charge in [-0.1, -0.05) is 24.3 Å². The van der Waals surface area contributed by atoms with E-state index < -0.39 is 11.5 Å². The van der Waals surface area contributed by atoms with Crippen LogP contribution in [-0.4, -0.2) is 71.5 Å². The Morgan fingerprint density at radius 2 is 1.82 bits per heavy atom. The smallest absolute Gasteiger partial charge is 0.265 e. The Hall–Kier alpha value is -2.61. The van der Waals surface area contributed by atoms with Gasteiger partial charge in [-0.2, -0.15) is 0 Å². The van der Waals surface area contributed by atoms with E-state index in [0.717, 1.165) is 26.2 Å². The van der Waals surface area contributed by atoms with Crippen LogP contribution < -0.4 is 4.90 Å². The number of pyridine rings is 1. The second-order valence-electron chi connectivity index (χ2n) is 7.49. The highest BCUT2D eigenvalue weighted by molar-refractivity contribution is 6.10.